The van der Waals surface area contributed by atoms with E-state index in [9.17, 15) is 4.79 Å². The van der Waals surface area contributed by atoms with Crippen molar-refractivity contribution in [3.8, 4) is 5.75 Å². The summed E-state index contributed by atoms with van der Waals surface area (Å²) >= 11 is 0. The summed E-state index contributed by atoms with van der Waals surface area (Å²) in [4.78, 5) is 19.6. The molecule has 5 nitrogen and oxygen atoms in total. The van der Waals surface area contributed by atoms with Gasteiger partial charge in [-0.15, -0.1) is 0 Å². The number of aryl methyl sites for hydroxylation is 1. The molecule has 0 aliphatic carbocycles. The Morgan fingerprint density at radius 3 is 2.29 bits per heavy atom. The van der Waals surface area contributed by atoms with E-state index < -0.39 is 0 Å². The Hall–Kier alpha value is -1.59. The van der Waals surface area contributed by atoms with Gasteiger partial charge in [-0.2, -0.15) is 0 Å². The molecule has 1 aromatic carbocycles. The molecule has 0 radical (unpaired) electrons. The first-order valence-corrected chi connectivity index (χ1v) is 10.7. The van der Waals surface area contributed by atoms with Crippen LogP contribution in [0.1, 0.15) is 45.1 Å². The highest BCUT2D eigenvalue weighted by Crippen LogP contribution is 2.18. The molecule has 28 heavy (non-hydrogen) atoms. The number of hydrogen-bond donors (Lipinski definition) is 0. The van der Waals surface area contributed by atoms with E-state index in [1.54, 1.807) is 7.11 Å². The summed E-state index contributed by atoms with van der Waals surface area (Å²) in [6.07, 6.45) is 4.87. The largest absolute Gasteiger partial charge is 0.497 e. The predicted molar refractivity (Wildman–Crippen MR) is 116 cm³/mol. The number of methoxy groups -OCH3 is 1. The number of rotatable bonds is 10. The summed E-state index contributed by atoms with van der Waals surface area (Å²) < 4.78 is 5.19. The van der Waals surface area contributed by atoms with Crippen LogP contribution < -0.4 is 4.74 Å². The van der Waals surface area contributed by atoms with Gasteiger partial charge in [0, 0.05) is 38.1 Å². The van der Waals surface area contributed by atoms with Crippen LogP contribution in [0, 0.1) is 0 Å². The first kappa shape index (κ1) is 22.7. The predicted octanol–water partition coefficient (Wildman–Crippen LogP) is 3.28. The quantitative estimate of drug-likeness (QED) is 0.576. The lowest BCUT2D eigenvalue weighted by Crippen LogP contribution is -2.58. The molecule has 0 N–H and O–H groups in total. The molecule has 0 bridgehead atoms. The second-order valence-corrected chi connectivity index (χ2v) is 8.45. The third-order valence-electron chi connectivity index (χ3n) is 5.74. The van der Waals surface area contributed by atoms with Gasteiger partial charge in [-0.25, -0.2) is 0 Å². The van der Waals surface area contributed by atoms with Gasteiger partial charge in [-0.3, -0.25) is 9.69 Å². The van der Waals surface area contributed by atoms with Crippen LogP contribution in [0.5, 0.6) is 5.75 Å². The topological polar surface area (TPSA) is 36.0 Å². The van der Waals surface area contributed by atoms with Crippen LogP contribution in [-0.4, -0.2) is 80.1 Å². The van der Waals surface area contributed by atoms with Crippen LogP contribution >= 0.6 is 0 Å². The fourth-order valence-corrected chi connectivity index (χ4v) is 4.13. The Bertz CT molecular complexity index is 576. The molecule has 0 spiro atoms. The van der Waals surface area contributed by atoms with Gasteiger partial charge >= 0.3 is 0 Å². The SMILES string of the molecule is COc1ccc(CCCCC(=O)N2CC(C)N(CCCN(C)C)C(C)C2)cc1. The van der Waals surface area contributed by atoms with Crippen LogP contribution in [0.3, 0.4) is 0 Å². The molecule has 1 aliphatic heterocycles. The van der Waals surface area contributed by atoms with Gasteiger partial charge in [0.2, 0.25) is 5.91 Å². The van der Waals surface area contributed by atoms with Crippen molar-refractivity contribution in [1.82, 2.24) is 14.7 Å². The van der Waals surface area contributed by atoms with Crippen LogP contribution in [0.25, 0.3) is 0 Å². The molecule has 0 aromatic heterocycles. The lowest BCUT2D eigenvalue weighted by molar-refractivity contribution is -0.135. The molecule has 1 fully saturated rings. The maximum Gasteiger partial charge on any atom is 0.222 e. The van der Waals surface area contributed by atoms with Crippen LogP contribution in [-0.2, 0) is 11.2 Å². The van der Waals surface area contributed by atoms with E-state index in [0.717, 1.165) is 51.2 Å². The third kappa shape index (κ3) is 7.10. The molecule has 1 saturated heterocycles. The molecule has 158 valence electrons. The van der Waals surface area contributed by atoms with Crippen LogP contribution in [0.4, 0.5) is 0 Å². The average molecular weight is 390 g/mol. The van der Waals surface area contributed by atoms with Crippen molar-refractivity contribution in [1.29, 1.82) is 0 Å². The van der Waals surface area contributed by atoms with Crippen molar-refractivity contribution in [2.75, 3.05) is 47.4 Å². The van der Waals surface area contributed by atoms with Crippen molar-refractivity contribution in [2.45, 2.75) is 58.0 Å². The van der Waals surface area contributed by atoms with E-state index in [2.05, 4.69) is 54.8 Å². The second kappa shape index (κ2) is 11.4. The molecule has 1 aromatic rings. The third-order valence-corrected chi connectivity index (χ3v) is 5.74. The summed E-state index contributed by atoms with van der Waals surface area (Å²) in [5.74, 6) is 1.21. The summed E-state index contributed by atoms with van der Waals surface area (Å²) in [6.45, 7) is 8.48. The Labute approximate surface area is 171 Å². The fraction of sp³-hybridized carbons (Fsp3) is 0.696. The van der Waals surface area contributed by atoms with Gasteiger partial charge < -0.3 is 14.5 Å². The number of piperazine rings is 1. The van der Waals surface area contributed by atoms with Gasteiger partial charge in [-0.1, -0.05) is 12.1 Å². The Morgan fingerprint density at radius 2 is 1.71 bits per heavy atom. The van der Waals surface area contributed by atoms with E-state index in [-0.39, 0.29) is 0 Å². The average Bonchev–Trinajstić information content (AvgIpc) is 2.67. The Balaban J connectivity index is 1.69. The lowest BCUT2D eigenvalue weighted by atomic mass is 10.0. The molecular weight excluding hydrogens is 350 g/mol. The molecule has 1 aliphatic rings. The van der Waals surface area contributed by atoms with Crippen molar-refractivity contribution in [3.05, 3.63) is 29.8 Å². The summed E-state index contributed by atoms with van der Waals surface area (Å²) in [6, 6.07) is 9.10. The molecule has 1 heterocycles. The van der Waals surface area contributed by atoms with Crippen molar-refractivity contribution in [3.63, 3.8) is 0 Å². The first-order chi connectivity index (χ1) is 13.4. The summed E-state index contributed by atoms with van der Waals surface area (Å²) in [5.41, 5.74) is 1.31. The van der Waals surface area contributed by atoms with Gasteiger partial charge in [-0.05, 0) is 77.9 Å². The van der Waals surface area contributed by atoms with Crippen molar-refractivity contribution >= 4 is 5.91 Å². The van der Waals surface area contributed by atoms with Crippen LogP contribution in [0.15, 0.2) is 24.3 Å². The van der Waals surface area contributed by atoms with Crippen molar-refractivity contribution < 1.29 is 9.53 Å². The normalized spacial score (nSPS) is 20.6. The number of ether oxygens (including phenoxy) is 1. The summed E-state index contributed by atoms with van der Waals surface area (Å²) in [7, 11) is 5.93. The second-order valence-electron chi connectivity index (χ2n) is 8.45. The first-order valence-electron chi connectivity index (χ1n) is 10.7. The smallest absolute Gasteiger partial charge is 0.222 e. The highest BCUT2D eigenvalue weighted by molar-refractivity contribution is 5.76. The monoisotopic (exact) mass is 389 g/mol. The number of carbonyl (C=O) groups is 1. The molecule has 5 heteroatoms. The number of nitrogens with zero attached hydrogens (tertiary/aromatic N) is 3. The van der Waals surface area contributed by atoms with Gasteiger partial charge in [0.1, 0.15) is 5.75 Å². The van der Waals surface area contributed by atoms with Gasteiger partial charge in [0.05, 0.1) is 7.11 Å². The van der Waals surface area contributed by atoms with E-state index in [1.807, 2.05) is 12.1 Å². The minimum atomic E-state index is 0.321. The molecular formula is C23H39N3O2. The number of hydrogen-bond acceptors (Lipinski definition) is 4. The fourth-order valence-electron chi connectivity index (χ4n) is 4.13. The molecule has 2 rings (SSSR count). The lowest BCUT2D eigenvalue weighted by Gasteiger charge is -2.44. The number of carbonyl (C=O) groups excluding carboxylic acids is 1. The Morgan fingerprint density at radius 1 is 1.07 bits per heavy atom. The van der Waals surface area contributed by atoms with E-state index in [1.165, 1.54) is 12.0 Å². The van der Waals surface area contributed by atoms with E-state index in [0.29, 0.717) is 24.4 Å². The molecule has 0 saturated carbocycles. The van der Waals surface area contributed by atoms with Gasteiger partial charge in [0.25, 0.3) is 0 Å². The number of benzene rings is 1. The van der Waals surface area contributed by atoms with E-state index in [4.69, 9.17) is 4.74 Å². The minimum absolute atomic E-state index is 0.321. The number of amides is 1. The van der Waals surface area contributed by atoms with Gasteiger partial charge in [0.15, 0.2) is 0 Å². The zero-order valence-electron chi connectivity index (χ0n) is 18.5. The molecule has 2 atom stereocenters. The van der Waals surface area contributed by atoms with Crippen LogP contribution in [0.2, 0.25) is 0 Å². The molecule has 1 amide bonds. The highest BCUT2D eigenvalue weighted by Gasteiger charge is 2.30. The van der Waals surface area contributed by atoms with E-state index >= 15 is 0 Å². The standard InChI is InChI=1S/C23H39N3O2/c1-19-17-25(18-20(2)26(19)16-8-15-24(3)4)23(27)10-7-6-9-21-11-13-22(28-5)14-12-21/h11-14,19-20H,6-10,15-18H2,1-5H3. The van der Waals surface area contributed by atoms with Crippen molar-refractivity contribution in [2.24, 2.45) is 0 Å². The maximum absolute atomic E-state index is 12.7. The maximum atomic E-state index is 12.7. The Kier molecular flexibility index (Phi) is 9.26. The number of unbranched alkanes of at least 4 members (excludes halogenated alkanes) is 1. The molecule has 2 unspecified atom stereocenters. The summed E-state index contributed by atoms with van der Waals surface area (Å²) in [5, 5.41) is 0. The zero-order valence-corrected chi connectivity index (χ0v) is 18.5. The highest BCUT2D eigenvalue weighted by atomic mass is 16.5. The minimum Gasteiger partial charge on any atom is -0.497 e. The zero-order chi connectivity index (χ0) is 20.5.